The van der Waals surface area contributed by atoms with Crippen LogP contribution in [0, 0.1) is 6.92 Å². The van der Waals surface area contributed by atoms with Crippen LogP contribution in [0.5, 0.6) is 0 Å². The van der Waals surface area contributed by atoms with E-state index in [1.807, 2.05) is 6.92 Å². The zero-order valence-electron chi connectivity index (χ0n) is 21.2. The summed E-state index contributed by atoms with van der Waals surface area (Å²) in [4.78, 5) is 24.8. The molecule has 0 aliphatic heterocycles. The fraction of sp³-hybridized carbons (Fsp3) is 0.360. The van der Waals surface area contributed by atoms with Gasteiger partial charge in [0.15, 0.2) is 9.84 Å². The number of aromatic nitrogens is 2. The van der Waals surface area contributed by atoms with Gasteiger partial charge >= 0.3 is 11.9 Å². The van der Waals surface area contributed by atoms with Gasteiger partial charge in [0.1, 0.15) is 24.8 Å². The van der Waals surface area contributed by atoms with E-state index in [9.17, 15) is 23.1 Å². The number of aliphatic hydroxyl groups is 1. The average molecular weight is 535 g/mol. The third-order valence-electron chi connectivity index (χ3n) is 5.84. The lowest BCUT2D eigenvalue weighted by Gasteiger charge is -2.27. The van der Waals surface area contributed by atoms with Crippen LogP contribution in [0.15, 0.2) is 53.7 Å². The maximum atomic E-state index is 14.1. The van der Waals surface area contributed by atoms with Crippen molar-refractivity contribution >= 4 is 21.8 Å². The number of esters is 2. The first-order valence-corrected chi connectivity index (χ1v) is 12.7. The van der Waals surface area contributed by atoms with Crippen molar-refractivity contribution in [1.82, 2.24) is 9.13 Å². The van der Waals surface area contributed by atoms with E-state index in [1.54, 1.807) is 12.1 Å². The largest absolute Gasteiger partial charge is 0.465 e. The Morgan fingerprint density at radius 2 is 1.51 bits per heavy atom. The fourth-order valence-corrected chi connectivity index (χ4v) is 5.93. The number of nitrogens with zero attached hydrogens (tertiary/aromatic N) is 2. The molecule has 2 atom stereocenters. The second-order valence-electron chi connectivity index (χ2n) is 8.25. The predicted molar refractivity (Wildman–Crippen MR) is 132 cm³/mol. The Hall–Kier alpha value is -3.45. The lowest BCUT2D eigenvalue weighted by atomic mass is 10.1. The Bertz CT molecular complexity index is 1360. The van der Waals surface area contributed by atoms with Gasteiger partial charge in [-0.15, -0.1) is 0 Å². The van der Waals surface area contributed by atoms with E-state index >= 15 is 0 Å². The molecule has 0 aliphatic rings. The number of aryl methyl sites for hydroxylation is 1. The van der Waals surface area contributed by atoms with Crippen LogP contribution in [0.3, 0.4) is 0 Å². The molecule has 0 radical (unpaired) electrons. The summed E-state index contributed by atoms with van der Waals surface area (Å²) >= 11 is 0. The molecular formula is C25H30N2O9S. The van der Waals surface area contributed by atoms with Gasteiger partial charge in [0.2, 0.25) is 0 Å². The van der Waals surface area contributed by atoms with Crippen LogP contribution >= 0.6 is 0 Å². The van der Waals surface area contributed by atoms with Crippen LogP contribution in [0.2, 0.25) is 0 Å². The fourth-order valence-electron chi connectivity index (χ4n) is 4.09. The molecule has 11 nitrogen and oxygen atoms in total. The van der Waals surface area contributed by atoms with E-state index in [0.717, 1.165) is 5.56 Å². The number of hydrogen-bond donors (Lipinski definition) is 1. The molecule has 200 valence electrons. The summed E-state index contributed by atoms with van der Waals surface area (Å²) in [6, 6.07) is 8.86. The first-order valence-electron chi connectivity index (χ1n) is 11.1. The number of rotatable bonds is 11. The predicted octanol–water partition coefficient (Wildman–Crippen LogP) is 2.63. The summed E-state index contributed by atoms with van der Waals surface area (Å²) in [6.07, 6.45) is 1.11. The van der Waals surface area contributed by atoms with Crippen molar-refractivity contribution in [1.29, 1.82) is 0 Å². The topological polar surface area (TPSA) is 135 Å². The van der Waals surface area contributed by atoms with Gasteiger partial charge in [-0.2, -0.15) is 0 Å². The zero-order chi connectivity index (χ0) is 27.3. The number of carbonyl (C=O) groups is 2. The van der Waals surface area contributed by atoms with Crippen molar-refractivity contribution in [2.45, 2.75) is 36.6 Å². The van der Waals surface area contributed by atoms with Crippen molar-refractivity contribution in [3.63, 3.8) is 0 Å². The molecule has 12 heteroatoms. The molecule has 0 saturated heterocycles. The highest BCUT2D eigenvalue weighted by Crippen LogP contribution is 2.42. The monoisotopic (exact) mass is 534 g/mol. The molecule has 2 aromatic heterocycles. The highest BCUT2D eigenvalue weighted by Gasteiger charge is 2.42. The number of hydrogen-bond acceptors (Lipinski definition) is 9. The Balaban J connectivity index is 2.33. The molecule has 1 N–H and O–H groups in total. The highest BCUT2D eigenvalue weighted by molar-refractivity contribution is 7.91. The maximum Gasteiger partial charge on any atom is 0.339 e. The van der Waals surface area contributed by atoms with Gasteiger partial charge in [0.25, 0.3) is 0 Å². The van der Waals surface area contributed by atoms with Crippen molar-refractivity contribution in [2.75, 3.05) is 28.4 Å². The van der Waals surface area contributed by atoms with Gasteiger partial charge in [0.05, 0.1) is 41.6 Å². The number of aliphatic hydroxyl groups excluding tert-OH is 1. The van der Waals surface area contributed by atoms with Gasteiger partial charge < -0.3 is 33.2 Å². The standard InChI is InChI=1S/C25H30N2O9S/c1-16-6-8-18(9-7-16)37(31,32)23(21-19(25(30)36-5)10-11-26(21)14-33-2)22(28)20-12-17(24(29)35-4)13-27(20)15-34-3/h6-13,22-23,28H,14-15H2,1-5H3. The number of ether oxygens (including phenoxy) is 4. The smallest absolute Gasteiger partial charge is 0.339 e. The molecule has 0 bridgehead atoms. The second-order valence-corrected chi connectivity index (χ2v) is 10.3. The average Bonchev–Trinajstić information content (AvgIpc) is 3.48. The van der Waals surface area contributed by atoms with E-state index in [2.05, 4.69) is 0 Å². The summed E-state index contributed by atoms with van der Waals surface area (Å²) in [7, 11) is 0.853. The van der Waals surface area contributed by atoms with Crippen LogP contribution in [0.4, 0.5) is 0 Å². The third kappa shape index (κ3) is 5.62. The summed E-state index contributed by atoms with van der Waals surface area (Å²) in [5, 5.41) is 10.0. The first-order chi connectivity index (χ1) is 17.6. The summed E-state index contributed by atoms with van der Waals surface area (Å²) in [5.41, 5.74) is 0.888. The zero-order valence-corrected chi connectivity index (χ0v) is 22.0. The molecule has 3 rings (SSSR count). The minimum atomic E-state index is -4.35. The molecule has 0 fully saturated rings. The molecule has 0 spiro atoms. The van der Waals surface area contributed by atoms with Gasteiger partial charge in [-0.05, 0) is 31.2 Å². The molecule has 0 saturated carbocycles. The summed E-state index contributed by atoms with van der Waals surface area (Å²) in [5.74, 6) is -1.47. The molecule has 3 aromatic rings. The van der Waals surface area contributed by atoms with E-state index in [1.165, 1.54) is 74.2 Å². The van der Waals surface area contributed by atoms with Crippen molar-refractivity contribution in [2.24, 2.45) is 0 Å². The number of carbonyl (C=O) groups excluding carboxylic acids is 2. The minimum Gasteiger partial charge on any atom is -0.465 e. The number of sulfone groups is 1. The van der Waals surface area contributed by atoms with Crippen LogP contribution < -0.4 is 0 Å². The van der Waals surface area contributed by atoms with Crippen molar-refractivity contribution in [3.05, 3.63) is 76.9 Å². The molecule has 37 heavy (non-hydrogen) atoms. The molecule has 2 unspecified atom stereocenters. The summed E-state index contributed by atoms with van der Waals surface area (Å²) < 4.78 is 51.2. The molecule has 0 aliphatic carbocycles. The second kappa shape index (κ2) is 11.7. The third-order valence-corrected chi connectivity index (χ3v) is 7.92. The lowest BCUT2D eigenvalue weighted by Crippen LogP contribution is -2.27. The van der Waals surface area contributed by atoms with E-state index in [0.29, 0.717) is 0 Å². The SMILES string of the molecule is COCn1cc(C(=O)OC)cc1C(O)C(c1c(C(=O)OC)ccn1COC)S(=O)(=O)c1ccc(C)cc1. The van der Waals surface area contributed by atoms with Gasteiger partial charge in [-0.3, -0.25) is 0 Å². The van der Waals surface area contributed by atoms with Gasteiger partial charge in [0, 0.05) is 26.6 Å². The molecule has 2 heterocycles. The summed E-state index contributed by atoms with van der Waals surface area (Å²) in [6.45, 7) is 1.61. The molecule has 1 aromatic carbocycles. The molecular weight excluding hydrogens is 504 g/mol. The van der Waals surface area contributed by atoms with Gasteiger partial charge in [-0.25, -0.2) is 18.0 Å². The highest BCUT2D eigenvalue weighted by atomic mass is 32.2. The van der Waals surface area contributed by atoms with Crippen LogP contribution in [-0.4, -0.2) is 63.0 Å². The molecule has 0 amide bonds. The van der Waals surface area contributed by atoms with Crippen molar-refractivity contribution in [3.8, 4) is 0 Å². The van der Waals surface area contributed by atoms with Gasteiger partial charge in [-0.1, -0.05) is 17.7 Å². The van der Waals surface area contributed by atoms with Crippen LogP contribution in [-0.2, 0) is 42.2 Å². The normalized spacial score (nSPS) is 13.2. The van der Waals surface area contributed by atoms with E-state index in [4.69, 9.17) is 18.9 Å². The van der Waals surface area contributed by atoms with E-state index in [-0.39, 0.29) is 40.9 Å². The Labute approximate surface area is 215 Å². The van der Waals surface area contributed by atoms with Crippen LogP contribution in [0.1, 0.15) is 49.0 Å². The Morgan fingerprint density at radius 3 is 2.08 bits per heavy atom. The van der Waals surface area contributed by atoms with Crippen molar-refractivity contribution < 1.29 is 42.1 Å². The maximum absolute atomic E-state index is 14.1. The Kier molecular flexibility index (Phi) is 8.92. The lowest BCUT2D eigenvalue weighted by molar-refractivity contribution is 0.0588. The minimum absolute atomic E-state index is 0.0356. The first kappa shape index (κ1) is 28.1. The number of benzene rings is 1. The quantitative estimate of drug-likeness (QED) is 0.368. The van der Waals surface area contributed by atoms with E-state index < -0.39 is 33.1 Å². The Morgan fingerprint density at radius 1 is 0.919 bits per heavy atom. The number of methoxy groups -OCH3 is 4. The van der Waals surface area contributed by atoms with Crippen LogP contribution in [0.25, 0.3) is 0 Å².